The van der Waals surface area contributed by atoms with E-state index in [0.717, 1.165) is 25.0 Å². The van der Waals surface area contributed by atoms with Crippen molar-refractivity contribution in [1.29, 1.82) is 0 Å². The third-order valence-electron chi connectivity index (χ3n) is 2.55. The number of thiocarbonyl (C=S) groups is 1. The molecule has 1 saturated carbocycles. The van der Waals surface area contributed by atoms with Crippen LogP contribution in [0, 0.1) is 0 Å². The van der Waals surface area contributed by atoms with Gasteiger partial charge in [-0.1, -0.05) is 12.2 Å². The molecular formula is C11H11F3N2S. The molecule has 0 bridgehead atoms. The van der Waals surface area contributed by atoms with Gasteiger partial charge in [-0.3, -0.25) is 0 Å². The van der Waals surface area contributed by atoms with Crippen molar-refractivity contribution in [3.63, 3.8) is 0 Å². The summed E-state index contributed by atoms with van der Waals surface area (Å²) in [4.78, 5) is -0.0285. The molecule has 0 unspecified atom stereocenters. The minimum absolute atomic E-state index is 0.0285. The molecule has 0 atom stereocenters. The third-order valence-corrected chi connectivity index (χ3v) is 2.77. The molecule has 1 aliphatic rings. The van der Waals surface area contributed by atoms with E-state index < -0.39 is 11.7 Å². The van der Waals surface area contributed by atoms with Crippen molar-refractivity contribution in [2.24, 2.45) is 5.73 Å². The lowest BCUT2D eigenvalue weighted by molar-refractivity contribution is -0.137. The second kappa shape index (κ2) is 4.18. The van der Waals surface area contributed by atoms with Crippen LogP contribution in [0.5, 0.6) is 0 Å². The van der Waals surface area contributed by atoms with Crippen molar-refractivity contribution in [3.8, 4) is 0 Å². The molecule has 0 spiro atoms. The first kappa shape index (κ1) is 12.2. The van der Waals surface area contributed by atoms with Gasteiger partial charge in [0.15, 0.2) is 0 Å². The van der Waals surface area contributed by atoms with Crippen LogP contribution in [-0.2, 0) is 6.18 Å². The standard InChI is InChI=1S/C11H11F3N2S/c12-11(13,14)6-1-4-9(16-7-2-3-7)8(5-6)10(15)17/h1,4-5,7,16H,2-3H2,(H2,15,17). The van der Waals surface area contributed by atoms with Crippen LogP contribution in [-0.4, -0.2) is 11.0 Å². The fourth-order valence-corrected chi connectivity index (χ4v) is 1.67. The number of halogens is 3. The first-order chi connectivity index (χ1) is 7.88. The van der Waals surface area contributed by atoms with Crippen molar-refractivity contribution in [2.75, 3.05) is 5.32 Å². The summed E-state index contributed by atoms with van der Waals surface area (Å²) in [6, 6.07) is 3.75. The smallest absolute Gasteiger partial charge is 0.389 e. The lowest BCUT2D eigenvalue weighted by Crippen LogP contribution is -2.16. The van der Waals surface area contributed by atoms with Crippen LogP contribution in [0.2, 0.25) is 0 Å². The number of alkyl halides is 3. The van der Waals surface area contributed by atoms with Gasteiger partial charge in [0.2, 0.25) is 0 Å². The summed E-state index contributed by atoms with van der Waals surface area (Å²) in [5, 5.41) is 3.11. The van der Waals surface area contributed by atoms with E-state index in [4.69, 9.17) is 18.0 Å². The highest BCUT2D eigenvalue weighted by Gasteiger charge is 2.31. The minimum atomic E-state index is -4.38. The van der Waals surface area contributed by atoms with Crippen molar-refractivity contribution >= 4 is 22.9 Å². The van der Waals surface area contributed by atoms with E-state index in [2.05, 4.69) is 5.32 Å². The Morgan fingerprint density at radius 3 is 2.47 bits per heavy atom. The number of hydrogen-bond donors (Lipinski definition) is 2. The summed E-state index contributed by atoms with van der Waals surface area (Å²) in [5.41, 5.74) is 5.54. The van der Waals surface area contributed by atoms with Gasteiger partial charge in [0, 0.05) is 17.3 Å². The second-order valence-corrected chi connectivity index (χ2v) is 4.48. The third kappa shape index (κ3) is 2.88. The summed E-state index contributed by atoms with van der Waals surface area (Å²) in [7, 11) is 0. The van der Waals surface area contributed by atoms with Crippen molar-refractivity contribution in [3.05, 3.63) is 29.3 Å². The van der Waals surface area contributed by atoms with Gasteiger partial charge < -0.3 is 11.1 Å². The summed E-state index contributed by atoms with van der Waals surface area (Å²) >= 11 is 4.78. The quantitative estimate of drug-likeness (QED) is 0.821. The SMILES string of the molecule is NC(=S)c1cc(C(F)(F)F)ccc1NC1CC1. The van der Waals surface area contributed by atoms with Crippen LogP contribution in [0.25, 0.3) is 0 Å². The fraction of sp³-hybridized carbons (Fsp3) is 0.364. The number of rotatable bonds is 3. The van der Waals surface area contributed by atoms with Crippen LogP contribution in [0.1, 0.15) is 24.0 Å². The summed E-state index contributed by atoms with van der Waals surface area (Å²) in [6.45, 7) is 0. The fourth-order valence-electron chi connectivity index (χ4n) is 1.50. The van der Waals surface area contributed by atoms with E-state index in [1.165, 1.54) is 6.07 Å². The van der Waals surface area contributed by atoms with Gasteiger partial charge in [-0.25, -0.2) is 0 Å². The molecular weight excluding hydrogens is 249 g/mol. The highest BCUT2D eigenvalue weighted by molar-refractivity contribution is 7.80. The Kier molecular flexibility index (Phi) is 2.99. The molecule has 0 saturated heterocycles. The van der Waals surface area contributed by atoms with Crippen molar-refractivity contribution in [1.82, 2.24) is 0 Å². The Labute approximate surface area is 102 Å². The van der Waals surface area contributed by atoms with Gasteiger partial charge in [0.1, 0.15) is 4.99 Å². The molecule has 0 heterocycles. The first-order valence-corrected chi connectivity index (χ1v) is 5.56. The molecule has 0 aliphatic heterocycles. The Morgan fingerprint density at radius 2 is 2.00 bits per heavy atom. The maximum Gasteiger partial charge on any atom is 0.416 e. The van der Waals surface area contributed by atoms with E-state index >= 15 is 0 Å². The molecule has 6 heteroatoms. The van der Waals surface area contributed by atoms with Gasteiger partial charge in [-0.15, -0.1) is 0 Å². The second-order valence-electron chi connectivity index (χ2n) is 4.04. The molecule has 17 heavy (non-hydrogen) atoms. The van der Waals surface area contributed by atoms with Crippen LogP contribution in [0.4, 0.5) is 18.9 Å². The molecule has 92 valence electrons. The molecule has 2 nitrogen and oxygen atoms in total. The molecule has 2 rings (SSSR count). The average molecular weight is 260 g/mol. The zero-order valence-electron chi connectivity index (χ0n) is 8.84. The van der Waals surface area contributed by atoms with Gasteiger partial charge in [-0.05, 0) is 31.0 Å². The average Bonchev–Trinajstić information content (AvgIpc) is 3.00. The van der Waals surface area contributed by atoms with Crippen molar-refractivity contribution < 1.29 is 13.2 Å². The lowest BCUT2D eigenvalue weighted by Gasteiger charge is -2.13. The Morgan fingerprint density at radius 1 is 1.35 bits per heavy atom. The monoisotopic (exact) mass is 260 g/mol. The predicted octanol–water partition coefficient (Wildman–Crippen LogP) is 2.91. The van der Waals surface area contributed by atoms with Gasteiger partial charge in [0.25, 0.3) is 0 Å². The molecule has 3 N–H and O–H groups in total. The number of anilines is 1. The van der Waals surface area contributed by atoms with Crippen LogP contribution >= 0.6 is 12.2 Å². The zero-order valence-corrected chi connectivity index (χ0v) is 9.66. The molecule has 0 amide bonds. The van der Waals surface area contributed by atoms with Gasteiger partial charge in [-0.2, -0.15) is 13.2 Å². The summed E-state index contributed by atoms with van der Waals surface area (Å²) < 4.78 is 37.6. The van der Waals surface area contributed by atoms with E-state index in [-0.39, 0.29) is 10.6 Å². The molecule has 1 aliphatic carbocycles. The van der Waals surface area contributed by atoms with Crippen LogP contribution in [0.3, 0.4) is 0 Å². The molecule has 1 aromatic carbocycles. The highest BCUT2D eigenvalue weighted by Crippen LogP contribution is 2.33. The molecule has 1 aromatic rings. The lowest BCUT2D eigenvalue weighted by atomic mass is 10.1. The number of benzene rings is 1. The first-order valence-electron chi connectivity index (χ1n) is 5.15. The minimum Gasteiger partial charge on any atom is -0.389 e. The summed E-state index contributed by atoms with van der Waals surface area (Å²) in [6.07, 6.45) is -2.33. The van der Waals surface area contributed by atoms with Crippen molar-refractivity contribution in [2.45, 2.75) is 25.1 Å². The normalized spacial score (nSPS) is 15.7. The van der Waals surface area contributed by atoms with E-state index in [1.54, 1.807) is 0 Å². The molecule has 1 fully saturated rings. The largest absolute Gasteiger partial charge is 0.416 e. The van der Waals surface area contributed by atoms with Crippen LogP contribution < -0.4 is 11.1 Å². The maximum atomic E-state index is 12.5. The zero-order chi connectivity index (χ0) is 12.6. The van der Waals surface area contributed by atoms with E-state index in [9.17, 15) is 13.2 Å². The van der Waals surface area contributed by atoms with Gasteiger partial charge >= 0.3 is 6.18 Å². The van der Waals surface area contributed by atoms with E-state index in [0.29, 0.717) is 11.7 Å². The topological polar surface area (TPSA) is 38.0 Å². The number of nitrogens with two attached hydrogens (primary N) is 1. The number of hydrogen-bond acceptors (Lipinski definition) is 2. The maximum absolute atomic E-state index is 12.5. The molecule has 0 radical (unpaired) electrons. The Bertz CT molecular complexity index is 453. The Balaban J connectivity index is 2.36. The molecule has 0 aromatic heterocycles. The highest BCUT2D eigenvalue weighted by atomic mass is 32.1. The summed E-state index contributed by atoms with van der Waals surface area (Å²) in [5.74, 6) is 0. The predicted molar refractivity (Wildman–Crippen MR) is 64.0 cm³/mol. The van der Waals surface area contributed by atoms with Gasteiger partial charge in [0.05, 0.1) is 5.56 Å². The van der Waals surface area contributed by atoms with E-state index in [1.807, 2.05) is 0 Å². The Hall–Kier alpha value is -1.30. The number of nitrogens with one attached hydrogen (secondary N) is 1. The van der Waals surface area contributed by atoms with Crippen LogP contribution in [0.15, 0.2) is 18.2 Å².